The van der Waals surface area contributed by atoms with E-state index in [0.29, 0.717) is 5.69 Å². The fraction of sp³-hybridized carbons (Fsp3) is 0.333. The lowest BCUT2D eigenvalue weighted by atomic mass is 10.0. The summed E-state index contributed by atoms with van der Waals surface area (Å²) in [7, 11) is -3.86. The lowest BCUT2D eigenvalue weighted by Crippen LogP contribution is -2.56. The van der Waals surface area contributed by atoms with E-state index in [2.05, 4.69) is 5.32 Å². The zero-order valence-corrected chi connectivity index (χ0v) is 23.8. The molecule has 2 amide bonds. The van der Waals surface area contributed by atoms with Gasteiger partial charge in [-0.05, 0) is 51.5 Å². The molecule has 0 fully saturated rings. The molecular weight excluding hydrogens is 517 g/mol. The van der Waals surface area contributed by atoms with Gasteiger partial charge in [0.05, 0.1) is 11.9 Å². The Labute approximate surface area is 230 Å². The molecule has 1 unspecified atom stereocenters. The van der Waals surface area contributed by atoms with Gasteiger partial charge in [-0.1, -0.05) is 66.2 Å². The molecule has 0 saturated heterocycles. The van der Waals surface area contributed by atoms with Gasteiger partial charge in [0.1, 0.15) is 18.4 Å². The molecule has 0 radical (unpaired) electrons. The minimum absolute atomic E-state index is 0.159. The third-order valence-corrected chi connectivity index (χ3v) is 7.21. The van der Waals surface area contributed by atoms with E-state index in [9.17, 15) is 22.4 Å². The maximum absolute atomic E-state index is 14.8. The number of benzene rings is 3. The van der Waals surface area contributed by atoms with Gasteiger partial charge < -0.3 is 10.2 Å². The third kappa shape index (κ3) is 8.64. The zero-order chi connectivity index (χ0) is 28.8. The number of nitrogens with one attached hydrogen (secondary N) is 1. The minimum atomic E-state index is -3.86. The van der Waals surface area contributed by atoms with Crippen LogP contribution < -0.4 is 9.62 Å². The van der Waals surface area contributed by atoms with Crippen LogP contribution in [0, 0.1) is 12.7 Å². The summed E-state index contributed by atoms with van der Waals surface area (Å²) in [6.07, 6.45) is 1.18. The SMILES string of the molecule is Cc1ccc(N(CC(=O)N(Cc2ccccc2F)C(Cc2ccccc2)C(=O)NC(C)(C)C)S(C)(=O)=O)cc1. The summed E-state index contributed by atoms with van der Waals surface area (Å²) in [4.78, 5) is 28.9. The van der Waals surface area contributed by atoms with Crippen LogP contribution in [-0.4, -0.2) is 49.5 Å². The standard InChI is InChI=1S/C30H36FN3O4S/c1-22-15-17-25(18-16-22)34(39(5,37)38)21-28(35)33(20-24-13-9-10-14-26(24)31)27(29(36)32-30(2,3)4)19-23-11-7-6-8-12-23/h6-18,27H,19-21H2,1-5H3,(H,32,36). The molecule has 208 valence electrons. The summed E-state index contributed by atoms with van der Waals surface area (Å²) >= 11 is 0. The van der Waals surface area contributed by atoms with Crippen molar-refractivity contribution in [2.45, 2.75) is 52.2 Å². The number of carbonyl (C=O) groups is 2. The Morgan fingerprint density at radius 2 is 1.51 bits per heavy atom. The normalized spacial score (nSPS) is 12.5. The summed E-state index contributed by atoms with van der Waals surface area (Å²) in [5.41, 5.74) is 1.67. The highest BCUT2D eigenvalue weighted by Gasteiger charge is 2.34. The largest absolute Gasteiger partial charge is 0.350 e. The van der Waals surface area contributed by atoms with Crippen LogP contribution in [-0.2, 0) is 32.6 Å². The Balaban J connectivity index is 2.08. The molecule has 7 nitrogen and oxygen atoms in total. The zero-order valence-electron chi connectivity index (χ0n) is 23.0. The van der Waals surface area contributed by atoms with Crippen molar-refractivity contribution in [1.29, 1.82) is 0 Å². The van der Waals surface area contributed by atoms with Crippen molar-refractivity contribution in [2.24, 2.45) is 0 Å². The van der Waals surface area contributed by atoms with Crippen molar-refractivity contribution in [3.63, 3.8) is 0 Å². The number of amides is 2. The number of hydrogen-bond acceptors (Lipinski definition) is 4. The molecule has 0 aliphatic carbocycles. The molecule has 0 spiro atoms. The highest BCUT2D eigenvalue weighted by atomic mass is 32.2. The molecule has 1 N–H and O–H groups in total. The summed E-state index contributed by atoms with van der Waals surface area (Å²) in [5, 5.41) is 2.94. The Morgan fingerprint density at radius 1 is 0.923 bits per heavy atom. The van der Waals surface area contributed by atoms with Crippen LogP contribution in [0.4, 0.5) is 10.1 Å². The number of nitrogens with zero attached hydrogens (tertiary/aromatic N) is 2. The van der Waals surface area contributed by atoms with Crippen LogP contribution in [0.5, 0.6) is 0 Å². The molecule has 3 aromatic rings. The predicted molar refractivity (Wildman–Crippen MR) is 152 cm³/mol. The van der Waals surface area contributed by atoms with Gasteiger partial charge in [-0.15, -0.1) is 0 Å². The quantitative estimate of drug-likeness (QED) is 0.402. The van der Waals surface area contributed by atoms with E-state index in [-0.39, 0.29) is 18.5 Å². The van der Waals surface area contributed by atoms with Crippen molar-refractivity contribution in [3.05, 3.63) is 101 Å². The van der Waals surface area contributed by atoms with E-state index >= 15 is 0 Å². The first-order valence-corrected chi connectivity index (χ1v) is 14.5. The van der Waals surface area contributed by atoms with Gasteiger partial charge in [-0.25, -0.2) is 12.8 Å². The van der Waals surface area contributed by atoms with Gasteiger partial charge in [0.2, 0.25) is 21.8 Å². The lowest BCUT2D eigenvalue weighted by molar-refractivity contribution is -0.140. The van der Waals surface area contributed by atoms with Crippen LogP contribution in [0.15, 0.2) is 78.9 Å². The van der Waals surface area contributed by atoms with Crippen molar-refractivity contribution >= 4 is 27.5 Å². The first-order chi connectivity index (χ1) is 18.2. The molecule has 1 atom stereocenters. The fourth-order valence-corrected chi connectivity index (χ4v) is 4.99. The first kappa shape index (κ1) is 29.8. The maximum Gasteiger partial charge on any atom is 0.244 e. The third-order valence-electron chi connectivity index (χ3n) is 6.07. The summed E-state index contributed by atoms with van der Waals surface area (Å²) in [6.45, 7) is 6.59. The van der Waals surface area contributed by atoms with Crippen molar-refractivity contribution < 1.29 is 22.4 Å². The Hall–Kier alpha value is -3.72. The fourth-order valence-electron chi connectivity index (χ4n) is 4.14. The molecule has 3 rings (SSSR count). The average molecular weight is 554 g/mol. The van der Waals surface area contributed by atoms with Crippen LogP contribution >= 0.6 is 0 Å². The van der Waals surface area contributed by atoms with Gasteiger partial charge in [0.15, 0.2) is 0 Å². The Morgan fingerprint density at radius 3 is 2.08 bits per heavy atom. The maximum atomic E-state index is 14.8. The number of carbonyl (C=O) groups excluding carboxylic acids is 2. The van der Waals surface area contributed by atoms with E-state index < -0.39 is 45.8 Å². The van der Waals surface area contributed by atoms with E-state index in [1.54, 1.807) is 42.5 Å². The van der Waals surface area contributed by atoms with Gasteiger partial charge in [-0.3, -0.25) is 13.9 Å². The van der Waals surface area contributed by atoms with E-state index in [0.717, 1.165) is 21.7 Å². The molecule has 0 saturated carbocycles. The number of rotatable bonds is 10. The second-order valence-electron chi connectivity index (χ2n) is 10.7. The second-order valence-corrected chi connectivity index (χ2v) is 12.6. The summed E-state index contributed by atoms with van der Waals surface area (Å²) in [6, 6.07) is 21.0. The van der Waals surface area contributed by atoms with Crippen LogP contribution in [0.25, 0.3) is 0 Å². The molecule has 0 heterocycles. The summed E-state index contributed by atoms with van der Waals surface area (Å²) < 4.78 is 41.4. The number of anilines is 1. The molecule has 0 aromatic heterocycles. The Bertz CT molecular complexity index is 1390. The molecule has 39 heavy (non-hydrogen) atoms. The summed E-state index contributed by atoms with van der Waals surface area (Å²) in [5.74, 6) is -1.57. The smallest absolute Gasteiger partial charge is 0.244 e. The Kier molecular flexibility index (Phi) is 9.50. The van der Waals surface area contributed by atoms with Gasteiger partial charge >= 0.3 is 0 Å². The highest BCUT2D eigenvalue weighted by molar-refractivity contribution is 7.92. The molecule has 0 aliphatic heterocycles. The van der Waals surface area contributed by atoms with Crippen LogP contribution in [0.1, 0.15) is 37.5 Å². The van der Waals surface area contributed by atoms with E-state index in [1.165, 1.54) is 11.0 Å². The monoisotopic (exact) mass is 553 g/mol. The van der Waals surface area contributed by atoms with Crippen molar-refractivity contribution in [3.8, 4) is 0 Å². The molecular formula is C30H36FN3O4S. The lowest BCUT2D eigenvalue weighted by Gasteiger charge is -2.35. The first-order valence-electron chi connectivity index (χ1n) is 12.7. The predicted octanol–water partition coefficient (Wildman–Crippen LogP) is 4.45. The average Bonchev–Trinajstić information content (AvgIpc) is 2.85. The molecule has 3 aromatic carbocycles. The van der Waals surface area contributed by atoms with E-state index in [4.69, 9.17) is 0 Å². The minimum Gasteiger partial charge on any atom is -0.350 e. The second kappa shape index (κ2) is 12.4. The van der Waals surface area contributed by atoms with Crippen LogP contribution in [0.2, 0.25) is 0 Å². The molecule has 9 heteroatoms. The number of hydrogen-bond donors (Lipinski definition) is 1. The van der Waals surface area contributed by atoms with Crippen LogP contribution in [0.3, 0.4) is 0 Å². The number of aryl methyl sites for hydroxylation is 1. The number of halogens is 1. The highest BCUT2D eigenvalue weighted by Crippen LogP contribution is 2.22. The number of sulfonamides is 1. The topological polar surface area (TPSA) is 86.8 Å². The van der Waals surface area contributed by atoms with E-state index in [1.807, 2.05) is 58.0 Å². The van der Waals surface area contributed by atoms with Gasteiger partial charge in [-0.2, -0.15) is 0 Å². The molecule has 0 bridgehead atoms. The molecule has 0 aliphatic rings. The van der Waals surface area contributed by atoms with Crippen molar-refractivity contribution in [2.75, 3.05) is 17.1 Å². The van der Waals surface area contributed by atoms with Gasteiger partial charge in [0.25, 0.3) is 0 Å². The van der Waals surface area contributed by atoms with Gasteiger partial charge in [0, 0.05) is 24.1 Å². The van der Waals surface area contributed by atoms with Crippen molar-refractivity contribution in [1.82, 2.24) is 10.2 Å².